The normalized spacial score (nSPS) is 27.7. The maximum atomic E-state index is 11.1. The van der Waals surface area contributed by atoms with Gasteiger partial charge in [0, 0.05) is 25.6 Å². The zero-order chi connectivity index (χ0) is 17.1. The zero-order valence-corrected chi connectivity index (χ0v) is 12.0. The summed E-state index contributed by atoms with van der Waals surface area (Å²) in [4.78, 5) is 38.2. The first kappa shape index (κ1) is 16.7. The number of carbonyl (C=O) groups is 3. The van der Waals surface area contributed by atoms with Crippen LogP contribution in [0.5, 0.6) is 0 Å². The lowest BCUT2D eigenvalue weighted by molar-refractivity contribution is -0.141. The van der Waals surface area contributed by atoms with Gasteiger partial charge in [0.05, 0.1) is 6.10 Å². The third kappa shape index (κ3) is 3.95. The lowest BCUT2D eigenvalue weighted by Crippen LogP contribution is -2.32. The van der Waals surface area contributed by atoms with Crippen LogP contribution in [0.15, 0.2) is 28.9 Å². The number of hydrogen-bond donors (Lipinski definition) is 4. The number of aliphatic hydroxyl groups is 1. The number of rotatable bonds is 5. The first-order valence-corrected chi connectivity index (χ1v) is 6.87. The van der Waals surface area contributed by atoms with Crippen LogP contribution in [0.2, 0.25) is 0 Å². The second-order valence-corrected chi connectivity index (χ2v) is 5.35. The monoisotopic (exact) mass is 324 g/mol. The van der Waals surface area contributed by atoms with Crippen LogP contribution >= 0.6 is 0 Å². The SMILES string of the molecule is O=C(O)C1=N[C@H](C(=O)O)CC(/C=C/N2C[C@H](O)C[C@H]2C(=O)O)=C1. The van der Waals surface area contributed by atoms with E-state index in [2.05, 4.69) is 4.99 Å². The molecule has 0 radical (unpaired) electrons. The first-order valence-electron chi connectivity index (χ1n) is 6.87. The van der Waals surface area contributed by atoms with Gasteiger partial charge < -0.3 is 25.3 Å². The fraction of sp³-hybridized carbons (Fsp3) is 0.429. The molecule has 0 amide bonds. The maximum absolute atomic E-state index is 11.1. The Kier molecular flexibility index (Phi) is 4.80. The highest BCUT2D eigenvalue weighted by atomic mass is 16.4. The van der Waals surface area contributed by atoms with Crippen LogP contribution in [0.4, 0.5) is 0 Å². The lowest BCUT2D eigenvalue weighted by atomic mass is 10.0. The summed E-state index contributed by atoms with van der Waals surface area (Å²) in [5.74, 6) is -3.63. The molecule has 2 aliphatic heterocycles. The molecule has 2 aliphatic rings. The molecular weight excluding hydrogens is 308 g/mol. The number of carboxylic acid groups (broad SMARTS) is 3. The molecule has 0 unspecified atom stereocenters. The van der Waals surface area contributed by atoms with Crippen molar-refractivity contribution in [3.05, 3.63) is 23.9 Å². The van der Waals surface area contributed by atoms with E-state index in [0.717, 1.165) is 0 Å². The summed E-state index contributed by atoms with van der Waals surface area (Å²) in [5.41, 5.74) is 0.0508. The molecule has 0 aromatic carbocycles. The Morgan fingerprint density at radius 2 is 1.91 bits per heavy atom. The molecule has 0 aromatic rings. The Balaban J connectivity index is 2.18. The topological polar surface area (TPSA) is 148 Å². The Morgan fingerprint density at radius 1 is 1.22 bits per heavy atom. The maximum Gasteiger partial charge on any atom is 0.354 e. The Hall–Kier alpha value is -2.68. The predicted molar refractivity (Wildman–Crippen MR) is 77.1 cm³/mol. The van der Waals surface area contributed by atoms with Crippen molar-refractivity contribution in [2.24, 2.45) is 4.99 Å². The minimum atomic E-state index is -1.33. The number of nitrogens with zero attached hydrogens (tertiary/aromatic N) is 2. The summed E-state index contributed by atoms with van der Waals surface area (Å²) in [6.45, 7) is 0.142. The predicted octanol–water partition coefficient (Wildman–Crippen LogP) is -0.671. The van der Waals surface area contributed by atoms with E-state index >= 15 is 0 Å². The molecule has 0 aliphatic carbocycles. The van der Waals surface area contributed by atoms with Crippen LogP contribution in [-0.2, 0) is 14.4 Å². The van der Waals surface area contributed by atoms with E-state index in [9.17, 15) is 19.5 Å². The summed E-state index contributed by atoms with van der Waals surface area (Å²) in [6.07, 6.45) is 3.49. The standard InChI is InChI=1S/C14H16N2O7/c17-8-5-11(14(22)23)16(6-8)2-1-7-3-9(12(18)19)15-10(4-7)13(20)21/h1-3,8,10-11,17H,4-6H2,(H,18,19)(H,20,21)(H,22,23)/b2-1+/t8-,10+,11+/m1/s1. The van der Waals surface area contributed by atoms with Gasteiger partial charge in [0.1, 0.15) is 11.8 Å². The van der Waals surface area contributed by atoms with Crippen molar-refractivity contribution in [1.82, 2.24) is 4.90 Å². The number of dihydropyridines is 1. The summed E-state index contributed by atoms with van der Waals surface area (Å²) in [7, 11) is 0. The summed E-state index contributed by atoms with van der Waals surface area (Å²) in [6, 6.07) is -2.06. The highest BCUT2D eigenvalue weighted by molar-refractivity contribution is 6.41. The van der Waals surface area contributed by atoms with Crippen molar-refractivity contribution >= 4 is 23.6 Å². The van der Waals surface area contributed by atoms with Crippen molar-refractivity contribution in [2.45, 2.75) is 31.0 Å². The van der Waals surface area contributed by atoms with Gasteiger partial charge in [-0.05, 0) is 17.7 Å². The van der Waals surface area contributed by atoms with Gasteiger partial charge in [0.25, 0.3) is 0 Å². The van der Waals surface area contributed by atoms with E-state index in [1.54, 1.807) is 0 Å². The molecule has 4 N–H and O–H groups in total. The molecule has 1 saturated heterocycles. The fourth-order valence-corrected chi connectivity index (χ4v) is 2.52. The van der Waals surface area contributed by atoms with Crippen molar-refractivity contribution in [3.8, 4) is 0 Å². The largest absolute Gasteiger partial charge is 0.480 e. The molecule has 2 heterocycles. The zero-order valence-electron chi connectivity index (χ0n) is 12.0. The van der Waals surface area contributed by atoms with Gasteiger partial charge in [-0.1, -0.05) is 0 Å². The molecule has 0 bridgehead atoms. The number of aliphatic imine (C=N–C) groups is 1. The average molecular weight is 324 g/mol. The van der Waals surface area contributed by atoms with Crippen molar-refractivity contribution in [3.63, 3.8) is 0 Å². The van der Waals surface area contributed by atoms with E-state index in [-0.39, 0.29) is 25.1 Å². The minimum absolute atomic E-state index is 0.0107. The third-order valence-corrected chi connectivity index (χ3v) is 3.63. The Bertz CT molecular complexity index is 623. The molecule has 0 saturated carbocycles. The molecule has 23 heavy (non-hydrogen) atoms. The van der Waals surface area contributed by atoms with Crippen LogP contribution in [0, 0.1) is 0 Å². The molecule has 1 fully saturated rings. The summed E-state index contributed by atoms with van der Waals surface area (Å²) in [5, 5.41) is 36.6. The minimum Gasteiger partial charge on any atom is -0.480 e. The molecule has 3 atom stereocenters. The molecule has 9 heteroatoms. The van der Waals surface area contributed by atoms with E-state index in [4.69, 9.17) is 15.3 Å². The molecule has 0 spiro atoms. The number of hydrogen-bond acceptors (Lipinski definition) is 6. The van der Waals surface area contributed by atoms with Gasteiger partial charge in [0.2, 0.25) is 0 Å². The highest BCUT2D eigenvalue weighted by Crippen LogP contribution is 2.21. The van der Waals surface area contributed by atoms with Gasteiger partial charge in [0.15, 0.2) is 6.04 Å². The molecule has 0 aromatic heterocycles. The number of allylic oxidation sites excluding steroid dienone is 1. The van der Waals surface area contributed by atoms with Crippen LogP contribution < -0.4 is 0 Å². The van der Waals surface area contributed by atoms with E-state index in [0.29, 0.717) is 5.57 Å². The molecule has 124 valence electrons. The Morgan fingerprint density at radius 3 is 2.48 bits per heavy atom. The number of β-amino-alcohol motifs (C(OH)–C–C–N with tert-alkyl or cyclic N) is 1. The number of aliphatic hydroxyl groups excluding tert-OH is 1. The summed E-state index contributed by atoms with van der Waals surface area (Å²) < 4.78 is 0. The van der Waals surface area contributed by atoms with Gasteiger partial charge in [-0.15, -0.1) is 0 Å². The van der Waals surface area contributed by atoms with E-state index < -0.39 is 36.1 Å². The highest BCUT2D eigenvalue weighted by Gasteiger charge is 2.34. The van der Waals surface area contributed by atoms with E-state index in [1.807, 2.05) is 0 Å². The van der Waals surface area contributed by atoms with Crippen LogP contribution in [0.25, 0.3) is 0 Å². The van der Waals surface area contributed by atoms with Crippen LogP contribution in [-0.4, -0.2) is 73.7 Å². The average Bonchev–Trinajstić information content (AvgIpc) is 2.86. The van der Waals surface area contributed by atoms with Crippen molar-refractivity contribution in [2.75, 3.05) is 6.54 Å². The van der Waals surface area contributed by atoms with Gasteiger partial charge in [-0.25, -0.2) is 14.4 Å². The quantitative estimate of drug-likeness (QED) is 0.520. The van der Waals surface area contributed by atoms with Crippen LogP contribution in [0.1, 0.15) is 12.8 Å². The van der Waals surface area contributed by atoms with Gasteiger partial charge >= 0.3 is 17.9 Å². The van der Waals surface area contributed by atoms with Crippen molar-refractivity contribution in [1.29, 1.82) is 0 Å². The molecular formula is C14H16N2O7. The van der Waals surface area contributed by atoms with Crippen LogP contribution in [0.3, 0.4) is 0 Å². The molecule has 9 nitrogen and oxygen atoms in total. The first-order chi connectivity index (χ1) is 10.8. The number of carboxylic acids is 3. The van der Waals surface area contributed by atoms with Gasteiger partial charge in [-0.2, -0.15) is 0 Å². The number of aliphatic carboxylic acids is 3. The van der Waals surface area contributed by atoms with E-state index in [1.165, 1.54) is 23.3 Å². The smallest absolute Gasteiger partial charge is 0.354 e. The molecule has 2 rings (SSSR count). The van der Waals surface area contributed by atoms with Gasteiger partial charge in [-0.3, -0.25) is 4.99 Å². The third-order valence-electron chi connectivity index (χ3n) is 3.63. The summed E-state index contributed by atoms with van der Waals surface area (Å²) >= 11 is 0. The Labute approximate surface area is 130 Å². The number of likely N-dealkylation sites (tertiary alicyclic amines) is 1. The lowest BCUT2D eigenvalue weighted by Gasteiger charge is -2.19. The fourth-order valence-electron chi connectivity index (χ4n) is 2.52. The second kappa shape index (κ2) is 6.61. The van der Waals surface area contributed by atoms with Crippen molar-refractivity contribution < 1.29 is 34.8 Å². The second-order valence-electron chi connectivity index (χ2n) is 5.35.